The molecule has 224 valence electrons. The summed E-state index contributed by atoms with van der Waals surface area (Å²) in [6, 6.07) is 48.1. The standard InChI is InChI=1S/C43H27N5/c1-2-10-40-35(7-1)41(30-19-23-44-24-20-30)36-17-15-31-16-18-39(47-42(31)43(36)48-40)29-13-11-28(12-14-29)32-25-33(37-8-3-5-21-45-37)27-34(26-32)38-9-4-6-22-46-38/h1-27H. The Morgan fingerprint density at radius 2 is 1.00 bits per heavy atom. The van der Waals surface area contributed by atoms with Gasteiger partial charge in [-0.2, -0.15) is 0 Å². The Balaban J connectivity index is 1.16. The molecule has 9 rings (SSSR count). The summed E-state index contributed by atoms with van der Waals surface area (Å²) in [6.45, 7) is 0. The van der Waals surface area contributed by atoms with E-state index < -0.39 is 0 Å². The van der Waals surface area contributed by atoms with Crippen molar-refractivity contribution in [3.8, 4) is 56.0 Å². The molecule has 0 bridgehead atoms. The number of hydrogen-bond donors (Lipinski definition) is 0. The van der Waals surface area contributed by atoms with Gasteiger partial charge in [-0.15, -0.1) is 0 Å². The fourth-order valence-electron chi connectivity index (χ4n) is 6.52. The summed E-state index contributed by atoms with van der Waals surface area (Å²) >= 11 is 0. The van der Waals surface area contributed by atoms with Gasteiger partial charge in [-0.05, 0) is 83.4 Å². The Hall–Kier alpha value is -6.59. The van der Waals surface area contributed by atoms with Gasteiger partial charge in [-0.1, -0.05) is 72.8 Å². The van der Waals surface area contributed by atoms with Crippen LogP contribution in [0.4, 0.5) is 0 Å². The molecule has 0 N–H and O–H groups in total. The lowest BCUT2D eigenvalue weighted by Crippen LogP contribution is -1.93. The lowest BCUT2D eigenvalue weighted by Gasteiger charge is -2.13. The van der Waals surface area contributed by atoms with Gasteiger partial charge in [0.1, 0.15) is 0 Å². The third-order valence-corrected chi connectivity index (χ3v) is 8.85. The maximum absolute atomic E-state index is 5.23. The van der Waals surface area contributed by atoms with Gasteiger partial charge < -0.3 is 0 Å². The molecule has 0 spiro atoms. The molecule has 0 fully saturated rings. The van der Waals surface area contributed by atoms with E-state index in [2.05, 4.69) is 112 Å². The number of aromatic nitrogens is 5. The van der Waals surface area contributed by atoms with E-state index in [1.54, 1.807) is 0 Å². The average Bonchev–Trinajstić information content (AvgIpc) is 3.17. The maximum Gasteiger partial charge on any atom is 0.0978 e. The van der Waals surface area contributed by atoms with Gasteiger partial charge in [0.15, 0.2) is 0 Å². The fourth-order valence-corrected chi connectivity index (χ4v) is 6.52. The van der Waals surface area contributed by atoms with Crippen molar-refractivity contribution in [2.45, 2.75) is 0 Å². The first-order chi connectivity index (χ1) is 23.8. The van der Waals surface area contributed by atoms with E-state index in [0.717, 1.165) is 88.7 Å². The van der Waals surface area contributed by atoms with E-state index in [1.165, 1.54) is 0 Å². The minimum atomic E-state index is 0.887. The fraction of sp³-hybridized carbons (Fsp3) is 0. The number of nitrogens with zero attached hydrogens (tertiary/aromatic N) is 5. The highest BCUT2D eigenvalue weighted by Crippen LogP contribution is 2.38. The summed E-state index contributed by atoms with van der Waals surface area (Å²) in [4.78, 5) is 23.9. The van der Waals surface area contributed by atoms with Gasteiger partial charge in [0.05, 0.1) is 33.6 Å². The van der Waals surface area contributed by atoms with E-state index in [-0.39, 0.29) is 0 Å². The molecule has 0 unspecified atom stereocenters. The van der Waals surface area contributed by atoms with Crippen molar-refractivity contribution in [2.75, 3.05) is 0 Å². The minimum absolute atomic E-state index is 0.887. The SMILES string of the molecule is c1ccc(-c2cc(-c3ccc(-c4ccc5ccc6c(-c7ccncc7)c7ccccc7nc6c5n4)cc3)cc(-c3ccccn3)c2)nc1. The second kappa shape index (κ2) is 11.6. The number of benzene rings is 4. The summed E-state index contributed by atoms with van der Waals surface area (Å²) in [7, 11) is 0. The Labute approximate surface area is 277 Å². The van der Waals surface area contributed by atoms with Gasteiger partial charge in [0.25, 0.3) is 0 Å². The van der Waals surface area contributed by atoms with Crippen molar-refractivity contribution in [1.82, 2.24) is 24.9 Å². The molecule has 48 heavy (non-hydrogen) atoms. The van der Waals surface area contributed by atoms with Crippen LogP contribution in [0, 0.1) is 0 Å². The summed E-state index contributed by atoms with van der Waals surface area (Å²) in [6.07, 6.45) is 7.33. The number of hydrogen-bond acceptors (Lipinski definition) is 5. The van der Waals surface area contributed by atoms with Crippen LogP contribution in [0.2, 0.25) is 0 Å². The van der Waals surface area contributed by atoms with Gasteiger partial charge in [0.2, 0.25) is 0 Å². The van der Waals surface area contributed by atoms with Crippen LogP contribution < -0.4 is 0 Å². The quantitative estimate of drug-likeness (QED) is 0.143. The molecule has 0 aliphatic heterocycles. The highest BCUT2D eigenvalue weighted by Gasteiger charge is 2.15. The number of rotatable bonds is 5. The van der Waals surface area contributed by atoms with E-state index in [0.29, 0.717) is 0 Å². The summed E-state index contributed by atoms with van der Waals surface area (Å²) in [5.41, 5.74) is 13.1. The lowest BCUT2D eigenvalue weighted by molar-refractivity contribution is 1.31. The van der Waals surface area contributed by atoms with Gasteiger partial charge in [-0.25, -0.2) is 9.97 Å². The van der Waals surface area contributed by atoms with Crippen LogP contribution in [0.5, 0.6) is 0 Å². The topological polar surface area (TPSA) is 64.5 Å². The van der Waals surface area contributed by atoms with E-state index in [1.807, 2.05) is 67.3 Å². The Bertz CT molecular complexity index is 2530. The Kier molecular flexibility index (Phi) is 6.72. The molecule has 9 aromatic rings. The van der Waals surface area contributed by atoms with Gasteiger partial charge in [-0.3, -0.25) is 15.0 Å². The molecule has 5 aromatic heterocycles. The molecule has 0 saturated carbocycles. The average molecular weight is 614 g/mol. The molecule has 5 heteroatoms. The second-order valence-electron chi connectivity index (χ2n) is 11.8. The molecule has 5 nitrogen and oxygen atoms in total. The lowest BCUT2D eigenvalue weighted by atomic mass is 9.95. The van der Waals surface area contributed by atoms with Crippen molar-refractivity contribution in [2.24, 2.45) is 0 Å². The molecule has 0 radical (unpaired) electrons. The van der Waals surface area contributed by atoms with Crippen molar-refractivity contribution < 1.29 is 0 Å². The molecule has 0 amide bonds. The summed E-state index contributed by atoms with van der Waals surface area (Å²) in [5, 5.41) is 3.24. The van der Waals surface area contributed by atoms with Crippen LogP contribution >= 0.6 is 0 Å². The van der Waals surface area contributed by atoms with Gasteiger partial charge >= 0.3 is 0 Å². The molecule has 0 saturated heterocycles. The highest BCUT2D eigenvalue weighted by molar-refractivity contribution is 6.16. The summed E-state index contributed by atoms with van der Waals surface area (Å²) in [5.74, 6) is 0. The Morgan fingerprint density at radius 1 is 0.354 bits per heavy atom. The van der Waals surface area contributed by atoms with Crippen molar-refractivity contribution >= 4 is 32.7 Å². The maximum atomic E-state index is 5.23. The van der Waals surface area contributed by atoms with Crippen LogP contribution in [-0.4, -0.2) is 24.9 Å². The third kappa shape index (κ3) is 4.95. The smallest absolute Gasteiger partial charge is 0.0978 e. The van der Waals surface area contributed by atoms with Crippen LogP contribution in [0.15, 0.2) is 164 Å². The molecule has 0 aliphatic carbocycles. The first-order valence-corrected chi connectivity index (χ1v) is 15.9. The molecular weight excluding hydrogens is 587 g/mol. The normalized spacial score (nSPS) is 11.3. The number of fused-ring (bicyclic) bond motifs is 4. The molecular formula is C43H27N5. The largest absolute Gasteiger partial charge is 0.265 e. The number of pyridine rings is 5. The van der Waals surface area contributed by atoms with Crippen molar-refractivity contribution in [3.63, 3.8) is 0 Å². The zero-order valence-electron chi connectivity index (χ0n) is 25.8. The van der Waals surface area contributed by atoms with Crippen LogP contribution in [-0.2, 0) is 0 Å². The molecule has 0 aliphatic rings. The van der Waals surface area contributed by atoms with Crippen LogP contribution in [0.3, 0.4) is 0 Å². The molecule has 4 aromatic carbocycles. The van der Waals surface area contributed by atoms with E-state index >= 15 is 0 Å². The first-order valence-electron chi connectivity index (χ1n) is 15.9. The Morgan fingerprint density at radius 3 is 1.71 bits per heavy atom. The molecule has 5 heterocycles. The van der Waals surface area contributed by atoms with Crippen LogP contribution in [0.25, 0.3) is 88.7 Å². The van der Waals surface area contributed by atoms with Crippen molar-refractivity contribution in [1.29, 1.82) is 0 Å². The van der Waals surface area contributed by atoms with Crippen molar-refractivity contribution in [3.05, 3.63) is 164 Å². The predicted octanol–water partition coefficient (Wildman–Crippen LogP) is 10.5. The molecule has 0 atom stereocenters. The van der Waals surface area contributed by atoms with Gasteiger partial charge in [0, 0.05) is 63.2 Å². The highest BCUT2D eigenvalue weighted by atomic mass is 14.8. The first kappa shape index (κ1) is 27.7. The predicted molar refractivity (Wildman–Crippen MR) is 195 cm³/mol. The minimum Gasteiger partial charge on any atom is -0.265 e. The zero-order chi connectivity index (χ0) is 31.9. The third-order valence-electron chi connectivity index (χ3n) is 8.85. The monoisotopic (exact) mass is 613 g/mol. The zero-order valence-corrected chi connectivity index (χ0v) is 25.8. The van der Waals surface area contributed by atoms with Crippen LogP contribution in [0.1, 0.15) is 0 Å². The van der Waals surface area contributed by atoms with E-state index in [9.17, 15) is 0 Å². The summed E-state index contributed by atoms with van der Waals surface area (Å²) < 4.78 is 0. The van der Waals surface area contributed by atoms with E-state index in [4.69, 9.17) is 9.97 Å². The second-order valence-corrected chi connectivity index (χ2v) is 11.8. The number of para-hydroxylation sites is 1.